The van der Waals surface area contributed by atoms with E-state index in [9.17, 15) is 9.59 Å². The van der Waals surface area contributed by atoms with Gasteiger partial charge in [-0.05, 0) is 32.1 Å². The molecule has 4 heteroatoms. The van der Waals surface area contributed by atoms with Gasteiger partial charge in [0.25, 0.3) is 0 Å². The van der Waals surface area contributed by atoms with Crippen molar-refractivity contribution in [2.24, 2.45) is 0 Å². The fourth-order valence-corrected chi connectivity index (χ4v) is 2.20. The number of nitrogens with one attached hydrogen (secondary N) is 1. The van der Waals surface area contributed by atoms with Crippen molar-refractivity contribution >= 4 is 11.8 Å². The average molecular weight is 252 g/mol. The van der Waals surface area contributed by atoms with E-state index in [-0.39, 0.29) is 11.8 Å². The van der Waals surface area contributed by atoms with Crippen molar-refractivity contribution in [1.82, 2.24) is 10.2 Å². The Bertz CT molecular complexity index is 324. The maximum Gasteiger partial charge on any atom is 0.219 e. The van der Waals surface area contributed by atoms with E-state index in [4.69, 9.17) is 0 Å². The van der Waals surface area contributed by atoms with E-state index < -0.39 is 0 Å². The van der Waals surface area contributed by atoms with E-state index in [2.05, 4.69) is 11.4 Å². The largest absolute Gasteiger partial charge is 0.355 e. The summed E-state index contributed by atoms with van der Waals surface area (Å²) in [5.74, 6) is 0.0326. The van der Waals surface area contributed by atoms with Crippen molar-refractivity contribution in [2.75, 3.05) is 19.6 Å². The van der Waals surface area contributed by atoms with Gasteiger partial charge in [-0.1, -0.05) is 11.6 Å². The van der Waals surface area contributed by atoms with E-state index >= 15 is 0 Å². The van der Waals surface area contributed by atoms with Crippen molar-refractivity contribution in [3.05, 3.63) is 11.6 Å². The van der Waals surface area contributed by atoms with Crippen LogP contribution >= 0.6 is 0 Å². The van der Waals surface area contributed by atoms with E-state index in [1.807, 2.05) is 4.90 Å². The summed E-state index contributed by atoms with van der Waals surface area (Å²) in [6, 6.07) is 0. The second kappa shape index (κ2) is 7.90. The first-order chi connectivity index (χ1) is 8.59. The molecule has 0 fully saturated rings. The molecule has 4 nitrogen and oxygen atoms in total. The van der Waals surface area contributed by atoms with Crippen LogP contribution in [0, 0.1) is 0 Å². The molecule has 1 rings (SSSR count). The number of hydrogen-bond acceptors (Lipinski definition) is 2. The number of carbonyl (C=O) groups excluding carboxylic acids is 2. The Kier molecular flexibility index (Phi) is 6.47. The first-order valence-electron chi connectivity index (χ1n) is 6.77. The minimum atomic E-state index is -0.0477. The lowest BCUT2D eigenvalue weighted by Gasteiger charge is -2.22. The standard InChI is InChI=1S/C14H24N2O2/c1-12(17)15-9-11-16(13(2)18)10-8-14-6-4-3-5-7-14/h6H,3-5,7-11H2,1-2H3,(H,15,17). The van der Waals surface area contributed by atoms with E-state index in [0.29, 0.717) is 13.1 Å². The summed E-state index contributed by atoms with van der Waals surface area (Å²) in [6.07, 6.45) is 8.22. The Hall–Kier alpha value is -1.32. The van der Waals surface area contributed by atoms with Gasteiger partial charge >= 0.3 is 0 Å². The lowest BCUT2D eigenvalue weighted by molar-refractivity contribution is -0.129. The van der Waals surface area contributed by atoms with Crippen LogP contribution in [0.5, 0.6) is 0 Å². The molecule has 0 unspecified atom stereocenters. The van der Waals surface area contributed by atoms with Crippen LogP contribution in [-0.4, -0.2) is 36.3 Å². The van der Waals surface area contributed by atoms with Crippen LogP contribution in [0.3, 0.4) is 0 Å². The first-order valence-corrected chi connectivity index (χ1v) is 6.77. The van der Waals surface area contributed by atoms with Crippen molar-refractivity contribution in [3.63, 3.8) is 0 Å². The van der Waals surface area contributed by atoms with Gasteiger partial charge in [0.2, 0.25) is 11.8 Å². The second-order valence-electron chi connectivity index (χ2n) is 4.85. The molecule has 0 spiro atoms. The lowest BCUT2D eigenvalue weighted by atomic mass is 9.97. The van der Waals surface area contributed by atoms with Gasteiger partial charge < -0.3 is 10.2 Å². The van der Waals surface area contributed by atoms with Crippen LogP contribution in [0.2, 0.25) is 0 Å². The molecule has 0 aromatic carbocycles. The zero-order valence-corrected chi connectivity index (χ0v) is 11.5. The highest BCUT2D eigenvalue weighted by molar-refractivity contribution is 5.74. The van der Waals surface area contributed by atoms with E-state index in [0.717, 1.165) is 13.0 Å². The van der Waals surface area contributed by atoms with Crippen LogP contribution in [0.1, 0.15) is 46.0 Å². The molecule has 1 N–H and O–H groups in total. The first kappa shape index (κ1) is 14.7. The molecule has 0 aliphatic heterocycles. The molecule has 0 saturated carbocycles. The van der Waals surface area contributed by atoms with Crippen LogP contribution < -0.4 is 5.32 Å². The summed E-state index contributed by atoms with van der Waals surface area (Å²) in [5.41, 5.74) is 1.48. The number of rotatable bonds is 6. The van der Waals surface area contributed by atoms with E-state index in [1.54, 1.807) is 6.92 Å². The zero-order chi connectivity index (χ0) is 13.4. The van der Waals surface area contributed by atoms with Gasteiger partial charge in [0.05, 0.1) is 0 Å². The Morgan fingerprint density at radius 3 is 2.61 bits per heavy atom. The zero-order valence-electron chi connectivity index (χ0n) is 11.5. The molecule has 102 valence electrons. The minimum absolute atomic E-state index is 0.0477. The molecule has 0 heterocycles. The summed E-state index contributed by atoms with van der Waals surface area (Å²) < 4.78 is 0. The Morgan fingerprint density at radius 1 is 1.28 bits per heavy atom. The van der Waals surface area contributed by atoms with Gasteiger partial charge in [-0.15, -0.1) is 0 Å². The molecule has 18 heavy (non-hydrogen) atoms. The molecule has 0 atom stereocenters. The Labute approximate surface area is 109 Å². The normalized spacial score (nSPS) is 14.9. The predicted octanol–water partition coefficient (Wildman–Crippen LogP) is 1.86. The van der Waals surface area contributed by atoms with Crippen molar-refractivity contribution in [2.45, 2.75) is 46.0 Å². The molecule has 0 saturated heterocycles. The van der Waals surface area contributed by atoms with Gasteiger partial charge in [0.1, 0.15) is 0 Å². The van der Waals surface area contributed by atoms with Crippen LogP contribution in [-0.2, 0) is 9.59 Å². The number of allylic oxidation sites excluding steroid dienone is 1. The predicted molar refractivity (Wildman–Crippen MR) is 72.1 cm³/mol. The quantitative estimate of drug-likeness (QED) is 0.734. The fraction of sp³-hybridized carbons (Fsp3) is 0.714. The summed E-state index contributed by atoms with van der Waals surface area (Å²) in [5, 5.41) is 2.72. The minimum Gasteiger partial charge on any atom is -0.355 e. The smallest absolute Gasteiger partial charge is 0.219 e. The molecule has 0 aromatic heterocycles. The highest BCUT2D eigenvalue weighted by Gasteiger charge is 2.10. The van der Waals surface area contributed by atoms with Gasteiger partial charge in [-0.25, -0.2) is 0 Å². The van der Waals surface area contributed by atoms with Crippen LogP contribution in [0.25, 0.3) is 0 Å². The molecule has 1 aliphatic carbocycles. The summed E-state index contributed by atoms with van der Waals surface area (Å²) >= 11 is 0. The van der Waals surface area contributed by atoms with Crippen LogP contribution in [0.15, 0.2) is 11.6 Å². The molecule has 0 radical (unpaired) electrons. The lowest BCUT2D eigenvalue weighted by Crippen LogP contribution is -2.37. The number of nitrogens with zero attached hydrogens (tertiary/aromatic N) is 1. The summed E-state index contributed by atoms with van der Waals surface area (Å²) in [4.78, 5) is 24.1. The van der Waals surface area contributed by atoms with Crippen molar-refractivity contribution in [3.8, 4) is 0 Å². The number of carbonyl (C=O) groups is 2. The molecular formula is C14H24N2O2. The third-order valence-corrected chi connectivity index (χ3v) is 3.29. The topological polar surface area (TPSA) is 49.4 Å². The SMILES string of the molecule is CC(=O)NCCN(CCC1=CCCCC1)C(C)=O. The second-order valence-corrected chi connectivity index (χ2v) is 4.85. The average Bonchev–Trinajstić information content (AvgIpc) is 2.34. The van der Waals surface area contributed by atoms with Gasteiger partial charge in [-0.2, -0.15) is 0 Å². The molecule has 0 bridgehead atoms. The third-order valence-electron chi connectivity index (χ3n) is 3.29. The van der Waals surface area contributed by atoms with Crippen LogP contribution in [0.4, 0.5) is 0 Å². The molecule has 1 aliphatic rings. The molecular weight excluding hydrogens is 228 g/mol. The highest BCUT2D eigenvalue weighted by Crippen LogP contribution is 2.20. The maximum atomic E-state index is 11.5. The number of amides is 2. The third kappa shape index (κ3) is 5.84. The van der Waals surface area contributed by atoms with Gasteiger partial charge in [-0.3, -0.25) is 9.59 Å². The monoisotopic (exact) mass is 252 g/mol. The van der Waals surface area contributed by atoms with Gasteiger partial charge in [0, 0.05) is 33.5 Å². The maximum absolute atomic E-state index is 11.5. The number of hydrogen-bond donors (Lipinski definition) is 1. The van der Waals surface area contributed by atoms with E-state index in [1.165, 1.54) is 38.2 Å². The van der Waals surface area contributed by atoms with Gasteiger partial charge in [0.15, 0.2) is 0 Å². The Balaban J connectivity index is 2.30. The highest BCUT2D eigenvalue weighted by atomic mass is 16.2. The summed E-state index contributed by atoms with van der Waals surface area (Å²) in [7, 11) is 0. The fourth-order valence-electron chi connectivity index (χ4n) is 2.20. The Morgan fingerprint density at radius 2 is 2.06 bits per heavy atom. The molecule has 0 aromatic rings. The van der Waals surface area contributed by atoms with Crippen molar-refractivity contribution in [1.29, 1.82) is 0 Å². The summed E-state index contributed by atoms with van der Waals surface area (Å²) in [6.45, 7) is 4.98. The van der Waals surface area contributed by atoms with Crippen molar-refractivity contribution < 1.29 is 9.59 Å². The molecule has 2 amide bonds.